The second-order valence-corrected chi connectivity index (χ2v) is 5.63. The second-order valence-electron chi connectivity index (χ2n) is 4.12. The Bertz CT molecular complexity index is 605. The fourth-order valence-corrected chi connectivity index (χ4v) is 2.87. The monoisotopic (exact) mass is 273 g/mol. The van der Waals surface area contributed by atoms with Crippen LogP contribution in [0, 0.1) is 17.0 Å². The topological polar surface area (TPSA) is 99.0 Å². The third-order valence-electron chi connectivity index (χ3n) is 2.56. The lowest BCUT2D eigenvalue weighted by Gasteiger charge is -2.10. The summed E-state index contributed by atoms with van der Waals surface area (Å²) in [5, 5.41) is 10.7. The summed E-state index contributed by atoms with van der Waals surface area (Å²) in [6.07, 6.45) is 0. The van der Waals surface area contributed by atoms with E-state index in [2.05, 4.69) is 0 Å². The van der Waals surface area contributed by atoms with Gasteiger partial charge in [-0.1, -0.05) is 6.07 Å². The number of ether oxygens (including phenoxy) is 1. The molecular formula is C10H11NO6S. The van der Waals surface area contributed by atoms with Gasteiger partial charge in [-0.05, 0) is 19.9 Å². The van der Waals surface area contributed by atoms with Gasteiger partial charge >= 0.3 is 0 Å². The van der Waals surface area contributed by atoms with E-state index in [0.717, 1.165) is 0 Å². The molecule has 0 saturated carbocycles. The molecule has 0 aromatic heterocycles. The summed E-state index contributed by atoms with van der Waals surface area (Å²) < 4.78 is 33.6. The van der Waals surface area contributed by atoms with Gasteiger partial charge in [0.1, 0.15) is 11.5 Å². The molecule has 0 radical (unpaired) electrons. The van der Waals surface area contributed by atoms with E-state index < -0.39 is 20.8 Å². The Hall–Kier alpha value is -1.51. The minimum atomic E-state index is -4.07. The van der Waals surface area contributed by atoms with Gasteiger partial charge in [-0.2, -0.15) is 8.42 Å². The summed E-state index contributed by atoms with van der Waals surface area (Å²) >= 11 is 0. The third-order valence-corrected chi connectivity index (χ3v) is 4.11. The molecule has 1 atom stereocenters. The average molecular weight is 273 g/mol. The van der Waals surface area contributed by atoms with Crippen LogP contribution in [0.15, 0.2) is 23.1 Å². The van der Waals surface area contributed by atoms with Crippen LogP contribution in [0.2, 0.25) is 0 Å². The number of epoxide rings is 1. The van der Waals surface area contributed by atoms with E-state index in [9.17, 15) is 18.5 Å². The maximum absolute atomic E-state index is 12.0. The zero-order valence-electron chi connectivity index (χ0n) is 9.74. The molecule has 0 bridgehead atoms. The molecule has 7 nitrogen and oxygen atoms in total. The van der Waals surface area contributed by atoms with E-state index in [1.165, 1.54) is 32.0 Å². The average Bonchev–Trinajstić information content (AvgIpc) is 2.94. The quantitative estimate of drug-likeness (QED) is 0.355. The van der Waals surface area contributed by atoms with Crippen molar-refractivity contribution >= 4 is 15.8 Å². The molecule has 1 aromatic rings. The van der Waals surface area contributed by atoms with Crippen molar-refractivity contribution in [2.75, 3.05) is 6.61 Å². The van der Waals surface area contributed by atoms with E-state index in [0.29, 0.717) is 0 Å². The molecule has 8 heteroatoms. The molecule has 0 aliphatic carbocycles. The van der Waals surface area contributed by atoms with Crippen molar-refractivity contribution in [3.05, 3.63) is 33.9 Å². The van der Waals surface area contributed by atoms with Crippen LogP contribution in [0.1, 0.15) is 12.5 Å². The van der Waals surface area contributed by atoms with Crippen LogP contribution in [-0.4, -0.2) is 25.7 Å². The Morgan fingerprint density at radius 3 is 2.61 bits per heavy atom. The van der Waals surface area contributed by atoms with Crippen LogP contribution in [-0.2, 0) is 19.0 Å². The van der Waals surface area contributed by atoms with Gasteiger partial charge in [-0.3, -0.25) is 10.1 Å². The summed E-state index contributed by atoms with van der Waals surface area (Å²) in [4.78, 5) is 9.89. The molecule has 18 heavy (non-hydrogen) atoms. The van der Waals surface area contributed by atoms with Crippen LogP contribution in [0.25, 0.3) is 0 Å². The zero-order chi connectivity index (χ0) is 13.6. The van der Waals surface area contributed by atoms with Crippen LogP contribution < -0.4 is 0 Å². The van der Waals surface area contributed by atoms with Crippen molar-refractivity contribution in [3.8, 4) is 0 Å². The molecule has 1 unspecified atom stereocenters. The molecule has 0 spiro atoms. The number of nitro groups is 1. The standard InChI is InChI=1S/C10H11NO6S/c1-7-8(11(12)13)4-3-5-9(7)18(14,15)17-10(2)6-16-10/h3-5H,6H2,1-2H3. The first-order chi connectivity index (χ1) is 8.25. The van der Waals surface area contributed by atoms with Gasteiger partial charge in [0.15, 0.2) is 0 Å². The predicted molar refractivity (Wildman–Crippen MR) is 60.5 cm³/mol. The SMILES string of the molecule is Cc1c([N+](=O)[O-])cccc1S(=O)(=O)OC1(C)CO1. The third kappa shape index (κ3) is 2.35. The molecule has 0 N–H and O–H groups in total. The van der Waals surface area contributed by atoms with Crippen molar-refractivity contribution in [2.45, 2.75) is 24.5 Å². The van der Waals surface area contributed by atoms with Crippen molar-refractivity contribution in [1.29, 1.82) is 0 Å². The van der Waals surface area contributed by atoms with Gasteiger partial charge in [0, 0.05) is 11.6 Å². The van der Waals surface area contributed by atoms with Crippen molar-refractivity contribution in [1.82, 2.24) is 0 Å². The second kappa shape index (κ2) is 4.01. The van der Waals surface area contributed by atoms with Crippen LogP contribution in [0.3, 0.4) is 0 Å². The number of nitrogens with zero attached hydrogens (tertiary/aromatic N) is 1. The maximum Gasteiger partial charge on any atom is 0.300 e. The smallest absolute Gasteiger partial charge is 0.300 e. The normalized spacial score (nSPS) is 22.8. The van der Waals surface area contributed by atoms with Crippen LogP contribution in [0.5, 0.6) is 0 Å². The summed E-state index contributed by atoms with van der Waals surface area (Å²) in [5.74, 6) is -1.14. The Balaban J connectivity index is 2.44. The molecule has 1 aliphatic heterocycles. The first-order valence-corrected chi connectivity index (χ1v) is 6.50. The first-order valence-electron chi connectivity index (χ1n) is 5.09. The van der Waals surface area contributed by atoms with E-state index in [-0.39, 0.29) is 22.8 Å². The lowest BCUT2D eigenvalue weighted by Crippen LogP contribution is -2.18. The lowest BCUT2D eigenvalue weighted by atomic mass is 10.2. The molecular weight excluding hydrogens is 262 g/mol. The number of hydrogen-bond donors (Lipinski definition) is 0. The molecule has 1 saturated heterocycles. The van der Waals surface area contributed by atoms with Gasteiger partial charge < -0.3 is 4.74 Å². The van der Waals surface area contributed by atoms with E-state index in [1.54, 1.807) is 0 Å². The fraction of sp³-hybridized carbons (Fsp3) is 0.400. The van der Waals surface area contributed by atoms with Gasteiger partial charge in [0.05, 0.1) is 4.92 Å². The highest BCUT2D eigenvalue weighted by molar-refractivity contribution is 7.86. The molecule has 0 amide bonds. The van der Waals surface area contributed by atoms with E-state index >= 15 is 0 Å². The van der Waals surface area contributed by atoms with Gasteiger partial charge in [-0.25, -0.2) is 4.18 Å². The van der Waals surface area contributed by atoms with Crippen LogP contribution in [0.4, 0.5) is 5.69 Å². The van der Waals surface area contributed by atoms with E-state index in [1.807, 2.05) is 0 Å². The molecule has 1 aliphatic rings. The molecule has 98 valence electrons. The van der Waals surface area contributed by atoms with Gasteiger partial charge in [-0.15, -0.1) is 0 Å². The Morgan fingerprint density at radius 2 is 2.11 bits per heavy atom. The number of hydrogen-bond acceptors (Lipinski definition) is 6. The van der Waals surface area contributed by atoms with Gasteiger partial charge in [0.25, 0.3) is 15.8 Å². The summed E-state index contributed by atoms with van der Waals surface area (Å²) in [6, 6.07) is 3.81. The van der Waals surface area contributed by atoms with Crippen molar-refractivity contribution < 1.29 is 22.3 Å². The maximum atomic E-state index is 12.0. The zero-order valence-corrected chi connectivity index (χ0v) is 10.6. The Kier molecular flexibility index (Phi) is 2.88. The minimum absolute atomic E-state index is 0.0479. The predicted octanol–water partition coefficient (Wildman–Crippen LogP) is 1.35. The van der Waals surface area contributed by atoms with Crippen molar-refractivity contribution in [3.63, 3.8) is 0 Å². The Labute approximate surface area is 104 Å². The van der Waals surface area contributed by atoms with Gasteiger partial charge in [0.2, 0.25) is 5.79 Å². The minimum Gasteiger partial charge on any atom is -0.341 e. The molecule has 2 rings (SSSR count). The highest BCUT2D eigenvalue weighted by Gasteiger charge is 2.46. The first kappa shape index (κ1) is 12.9. The molecule has 1 aromatic carbocycles. The Morgan fingerprint density at radius 1 is 1.50 bits per heavy atom. The summed E-state index contributed by atoms with van der Waals surface area (Å²) in [7, 11) is -4.07. The van der Waals surface area contributed by atoms with Crippen molar-refractivity contribution in [2.24, 2.45) is 0 Å². The van der Waals surface area contributed by atoms with E-state index in [4.69, 9.17) is 8.92 Å². The number of rotatable bonds is 4. The summed E-state index contributed by atoms with van der Waals surface area (Å²) in [6.45, 7) is 3.03. The van der Waals surface area contributed by atoms with Crippen LogP contribution >= 0.6 is 0 Å². The highest BCUT2D eigenvalue weighted by Crippen LogP contribution is 2.34. The molecule has 1 heterocycles. The summed E-state index contributed by atoms with van der Waals surface area (Å²) in [5.41, 5.74) is -0.215. The fourth-order valence-electron chi connectivity index (χ4n) is 1.50. The number of benzene rings is 1. The number of nitro benzene ring substituents is 1. The molecule has 1 fully saturated rings. The lowest BCUT2D eigenvalue weighted by molar-refractivity contribution is -0.385. The largest absolute Gasteiger partial charge is 0.341 e. The highest BCUT2D eigenvalue weighted by atomic mass is 32.2.